The van der Waals surface area contributed by atoms with Gasteiger partial charge in [0.1, 0.15) is 5.82 Å². The first-order valence-electron chi connectivity index (χ1n) is 9.08. The van der Waals surface area contributed by atoms with Gasteiger partial charge in [-0.05, 0) is 43.4 Å². The summed E-state index contributed by atoms with van der Waals surface area (Å²) in [5.74, 6) is 1.77. The minimum Gasteiger partial charge on any atom is -0.384 e. The molecule has 2 aliphatic heterocycles. The van der Waals surface area contributed by atoms with Crippen molar-refractivity contribution in [2.75, 3.05) is 35.2 Å². The molecule has 1 saturated heterocycles. The van der Waals surface area contributed by atoms with Crippen molar-refractivity contribution in [3.05, 3.63) is 35.5 Å². The van der Waals surface area contributed by atoms with Crippen LogP contribution in [0.25, 0.3) is 0 Å². The van der Waals surface area contributed by atoms with Gasteiger partial charge < -0.3 is 15.5 Å². The van der Waals surface area contributed by atoms with Crippen molar-refractivity contribution >= 4 is 23.1 Å². The molecule has 1 fully saturated rings. The lowest BCUT2D eigenvalue weighted by Crippen LogP contribution is -2.20. The van der Waals surface area contributed by atoms with E-state index in [9.17, 15) is 0 Å². The van der Waals surface area contributed by atoms with E-state index >= 15 is 0 Å². The predicted molar refractivity (Wildman–Crippen MR) is 99.4 cm³/mol. The van der Waals surface area contributed by atoms with Gasteiger partial charge in [-0.3, -0.25) is 0 Å². The second-order valence-corrected chi connectivity index (χ2v) is 6.66. The van der Waals surface area contributed by atoms with Gasteiger partial charge in [0.05, 0.1) is 0 Å². The molecule has 126 valence electrons. The average molecular weight is 323 g/mol. The Morgan fingerprint density at radius 3 is 2.88 bits per heavy atom. The fourth-order valence-electron chi connectivity index (χ4n) is 3.53. The number of nitrogens with one attached hydrogen (secondary N) is 2. The van der Waals surface area contributed by atoms with Crippen LogP contribution in [-0.4, -0.2) is 29.6 Å². The fraction of sp³-hybridized carbons (Fsp3) is 0.474. The fourth-order valence-corrected chi connectivity index (χ4v) is 3.53. The molecule has 5 heteroatoms. The summed E-state index contributed by atoms with van der Waals surface area (Å²) in [6.45, 7) is 5.42. The number of rotatable bonds is 5. The normalized spacial score (nSPS) is 16.1. The number of nitrogens with zero attached hydrogens (tertiary/aromatic N) is 3. The van der Waals surface area contributed by atoms with Crippen LogP contribution < -0.4 is 15.5 Å². The number of hydrogen-bond acceptors (Lipinski definition) is 5. The van der Waals surface area contributed by atoms with Crippen LogP contribution in [0, 0.1) is 0 Å². The van der Waals surface area contributed by atoms with E-state index in [-0.39, 0.29) is 0 Å². The molecule has 0 saturated carbocycles. The second kappa shape index (κ2) is 6.67. The monoisotopic (exact) mass is 323 g/mol. The van der Waals surface area contributed by atoms with Gasteiger partial charge in [0.2, 0.25) is 5.95 Å². The van der Waals surface area contributed by atoms with Gasteiger partial charge in [0.25, 0.3) is 0 Å². The number of benzene rings is 1. The maximum absolute atomic E-state index is 4.77. The van der Waals surface area contributed by atoms with E-state index in [1.807, 2.05) is 0 Å². The van der Waals surface area contributed by atoms with Gasteiger partial charge in [0, 0.05) is 42.8 Å². The van der Waals surface area contributed by atoms with Crippen molar-refractivity contribution in [2.45, 2.75) is 39.0 Å². The van der Waals surface area contributed by atoms with Crippen LogP contribution in [0.4, 0.5) is 23.1 Å². The number of hydrogen-bond donors (Lipinski definition) is 2. The number of fused-ring (bicyclic) bond motifs is 1. The zero-order valence-electron chi connectivity index (χ0n) is 14.3. The number of aromatic nitrogens is 2. The summed E-state index contributed by atoms with van der Waals surface area (Å²) in [7, 11) is 0. The zero-order valence-corrected chi connectivity index (χ0v) is 14.3. The van der Waals surface area contributed by atoms with Crippen molar-refractivity contribution < 1.29 is 0 Å². The van der Waals surface area contributed by atoms with Crippen molar-refractivity contribution in [3.8, 4) is 0 Å². The van der Waals surface area contributed by atoms with E-state index in [1.165, 1.54) is 24.1 Å². The first-order chi connectivity index (χ1) is 11.8. The summed E-state index contributed by atoms with van der Waals surface area (Å²) in [5.41, 5.74) is 4.78. The smallest absolute Gasteiger partial charge is 0.229 e. The van der Waals surface area contributed by atoms with Crippen LogP contribution in [0.2, 0.25) is 0 Å². The molecule has 0 amide bonds. The molecule has 5 nitrogen and oxygen atoms in total. The Morgan fingerprint density at radius 2 is 2.04 bits per heavy atom. The molecule has 1 aromatic heterocycles. The predicted octanol–water partition coefficient (Wildman–Crippen LogP) is 3.74. The molecule has 0 radical (unpaired) electrons. The van der Waals surface area contributed by atoms with Crippen LogP contribution in [-0.2, 0) is 12.8 Å². The summed E-state index contributed by atoms with van der Waals surface area (Å²) in [6, 6.07) is 8.63. The second-order valence-electron chi connectivity index (χ2n) is 6.66. The Kier molecular flexibility index (Phi) is 4.24. The van der Waals surface area contributed by atoms with Gasteiger partial charge in [-0.25, -0.2) is 4.98 Å². The third-order valence-corrected chi connectivity index (χ3v) is 4.78. The molecule has 1 aromatic carbocycles. The Balaban J connectivity index is 1.61. The molecule has 0 atom stereocenters. The minimum atomic E-state index is 0.709. The van der Waals surface area contributed by atoms with Crippen molar-refractivity contribution in [1.82, 2.24) is 9.97 Å². The van der Waals surface area contributed by atoms with Crippen molar-refractivity contribution in [3.63, 3.8) is 0 Å². The summed E-state index contributed by atoms with van der Waals surface area (Å²) in [4.78, 5) is 11.9. The van der Waals surface area contributed by atoms with E-state index in [2.05, 4.69) is 46.7 Å². The Bertz CT molecular complexity index is 722. The van der Waals surface area contributed by atoms with E-state index in [0.29, 0.717) is 5.95 Å². The molecule has 2 N–H and O–H groups in total. The lowest BCUT2D eigenvalue weighted by molar-refractivity contribution is 0.859. The van der Waals surface area contributed by atoms with E-state index in [4.69, 9.17) is 9.97 Å². The highest BCUT2D eigenvalue weighted by molar-refractivity contribution is 5.67. The maximum atomic E-state index is 4.77. The van der Waals surface area contributed by atoms with Crippen molar-refractivity contribution in [1.29, 1.82) is 0 Å². The molecular weight excluding hydrogens is 298 g/mol. The highest BCUT2D eigenvalue weighted by Gasteiger charge is 2.16. The largest absolute Gasteiger partial charge is 0.384 e. The first kappa shape index (κ1) is 15.2. The average Bonchev–Trinajstić information content (AvgIpc) is 3.26. The van der Waals surface area contributed by atoms with Gasteiger partial charge in [-0.1, -0.05) is 19.4 Å². The summed E-state index contributed by atoms with van der Waals surface area (Å²) in [6.07, 6.45) is 5.71. The van der Waals surface area contributed by atoms with Gasteiger partial charge in [0.15, 0.2) is 0 Å². The van der Waals surface area contributed by atoms with Crippen LogP contribution in [0.3, 0.4) is 0 Å². The summed E-state index contributed by atoms with van der Waals surface area (Å²) < 4.78 is 0. The van der Waals surface area contributed by atoms with Gasteiger partial charge >= 0.3 is 0 Å². The SMILES string of the molecule is CCCc1cc(N2CCCC2)nc(Nc2ccc3c(c2)NCC3)n1. The highest BCUT2D eigenvalue weighted by atomic mass is 15.2. The Hall–Kier alpha value is -2.30. The topological polar surface area (TPSA) is 53.1 Å². The molecular formula is C19H25N5. The molecule has 24 heavy (non-hydrogen) atoms. The van der Waals surface area contributed by atoms with Gasteiger partial charge in [-0.2, -0.15) is 4.98 Å². The zero-order chi connectivity index (χ0) is 16.4. The summed E-state index contributed by atoms with van der Waals surface area (Å²) in [5, 5.41) is 6.83. The molecule has 4 rings (SSSR count). The highest BCUT2D eigenvalue weighted by Crippen LogP contribution is 2.28. The van der Waals surface area contributed by atoms with E-state index in [1.54, 1.807) is 0 Å². The lowest BCUT2D eigenvalue weighted by Gasteiger charge is -2.18. The van der Waals surface area contributed by atoms with Crippen LogP contribution in [0.5, 0.6) is 0 Å². The van der Waals surface area contributed by atoms with Crippen LogP contribution in [0.15, 0.2) is 24.3 Å². The first-order valence-corrected chi connectivity index (χ1v) is 9.08. The minimum absolute atomic E-state index is 0.709. The number of anilines is 4. The molecule has 2 aliphatic rings. The Morgan fingerprint density at radius 1 is 1.17 bits per heavy atom. The summed E-state index contributed by atoms with van der Waals surface area (Å²) >= 11 is 0. The molecule has 0 bridgehead atoms. The number of aryl methyl sites for hydroxylation is 1. The lowest BCUT2D eigenvalue weighted by atomic mass is 10.1. The maximum Gasteiger partial charge on any atom is 0.229 e. The van der Waals surface area contributed by atoms with Crippen molar-refractivity contribution in [2.24, 2.45) is 0 Å². The van der Waals surface area contributed by atoms with Crippen LogP contribution >= 0.6 is 0 Å². The third kappa shape index (κ3) is 3.16. The molecule has 2 aromatic rings. The van der Waals surface area contributed by atoms with Crippen LogP contribution in [0.1, 0.15) is 37.4 Å². The molecule has 3 heterocycles. The molecule has 0 unspecified atom stereocenters. The third-order valence-electron chi connectivity index (χ3n) is 4.78. The Labute approximate surface area is 143 Å². The van der Waals surface area contributed by atoms with E-state index < -0.39 is 0 Å². The quantitative estimate of drug-likeness (QED) is 0.878. The molecule has 0 spiro atoms. The standard InChI is InChI=1S/C19H25N5/c1-2-5-15-13-18(24-10-3-4-11-24)23-19(21-15)22-16-7-6-14-8-9-20-17(14)12-16/h6-7,12-13,20H,2-5,8-11H2,1H3,(H,21,22,23). The van der Waals surface area contributed by atoms with Gasteiger partial charge in [-0.15, -0.1) is 0 Å². The molecule has 0 aliphatic carbocycles. The van der Waals surface area contributed by atoms with E-state index in [0.717, 1.165) is 56.1 Å².